The van der Waals surface area contributed by atoms with Crippen molar-refractivity contribution in [3.05, 3.63) is 94.6 Å². The van der Waals surface area contributed by atoms with Crippen LogP contribution in [0.1, 0.15) is 60.8 Å². The first kappa shape index (κ1) is 44.2. The van der Waals surface area contributed by atoms with Crippen molar-refractivity contribution in [1.82, 2.24) is 25.2 Å². The second-order valence-electron chi connectivity index (χ2n) is 12.7. The van der Waals surface area contributed by atoms with Crippen molar-refractivity contribution in [2.45, 2.75) is 58.6 Å². The number of rotatable bonds is 10. The molecule has 3 aromatic carbocycles. The first-order valence-electron chi connectivity index (χ1n) is 17.8. The number of benzene rings is 3. The number of Topliss-reactive ketones (excluding diaryl/α,β-unsaturated/α-hetero) is 1. The number of hydrogen-bond donors (Lipinski definition) is 4. The highest BCUT2D eigenvalue weighted by molar-refractivity contribution is 7.82. The number of halogens is 2. The van der Waals surface area contributed by atoms with Crippen LogP contribution in [0.5, 0.6) is 5.75 Å². The Morgan fingerprint density at radius 1 is 1.07 bits per heavy atom. The molecular formula is C39H51ClFN5O7S. The fraction of sp³-hybridized carbons (Fsp3) is 0.436. The van der Waals surface area contributed by atoms with Crippen LogP contribution in [0, 0.1) is 18.7 Å². The number of nitrogens with one attached hydrogen (secondary N) is 3. The molecule has 1 aromatic heterocycles. The van der Waals surface area contributed by atoms with Gasteiger partial charge in [-0.3, -0.25) is 14.4 Å². The van der Waals surface area contributed by atoms with Gasteiger partial charge in [-0.2, -0.15) is 0 Å². The number of para-hydroxylation sites is 2. The van der Waals surface area contributed by atoms with Gasteiger partial charge in [0, 0.05) is 23.4 Å². The number of aliphatic hydroxyl groups is 1. The lowest BCUT2D eigenvalue weighted by Crippen LogP contribution is -2.49. The van der Waals surface area contributed by atoms with Crippen LogP contribution in [0.3, 0.4) is 0 Å². The van der Waals surface area contributed by atoms with Crippen molar-refractivity contribution in [3.8, 4) is 5.75 Å². The van der Waals surface area contributed by atoms with E-state index in [1.165, 1.54) is 67.3 Å². The van der Waals surface area contributed by atoms with Crippen molar-refractivity contribution >= 4 is 51.3 Å². The number of nitrogens with zero attached hydrogens (tertiary/aromatic N) is 2. The fourth-order valence-corrected chi connectivity index (χ4v) is 6.05. The zero-order valence-corrected chi connectivity index (χ0v) is 32.8. The molecule has 6 rings (SSSR count). The van der Waals surface area contributed by atoms with E-state index >= 15 is 0 Å². The Bertz CT molecular complexity index is 1770. The molecule has 2 fully saturated rings. The van der Waals surface area contributed by atoms with Crippen molar-refractivity contribution in [2.24, 2.45) is 5.92 Å². The number of piperidine rings is 1. The minimum atomic E-state index is -1.31. The maximum absolute atomic E-state index is 12.6. The lowest BCUT2D eigenvalue weighted by molar-refractivity contribution is -0.137. The van der Waals surface area contributed by atoms with Crippen LogP contribution in [-0.2, 0) is 27.2 Å². The zero-order valence-electron chi connectivity index (χ0n) is 31.2. The largest absolute Gasteiger partial charge is 0.497 e. The highest BCUT2D eigenvalue weighted by Crippen LogP contribution is 2.19. The first-order valence-corrected chi connectivity index (χ1v) is 19.8. The molecule has 0 bridgehead atoms. The van der Waals surface area contributed by atoms with E-state index in [1.54, 1.807) is 31.4 Å². The molecule has 0 aliphatic carbocycles. The summed E-state index contributed by atoms with van der Waals surface area (Å²) in [4.78, 5) is 42.4. The third-order valence-corrected chi connectivity index (χ3v) is 9.52. The average Bonchev–Trinajstić information content (AvgIpc) is 3.86. The Kier molecular flexibility index (Phi) is 19.3. The molecule has 2 amide bonds. The number of methoxy groups -OCH3 is 1. The second-order valence-corrected chi connectivity index (χ2v) is 14.3. The van der Waals surface area contributed by atoms with Gasteiger partial charge in [-0.25, -0.2) is 18.3 Å². The van der Waals surface area contributed by atoms with Crippen LogP contribution < -0.4 is 20.1 Å². The molecule has 15 heteroatoms. The third-order valence-electron chi connectivity index (χ3n) is 8.74. The monoisotopic (exact) mass is 787 g/mol. The SMILES string of the molecule is CCC1CCNCC1.COc1ccc(C)cc1.CS(=O)NCC(=O)N1CCCC1C(=O)NCC(=O)c1nc2ccccc2o1.OCc1ccc(Cl)cc1F. The number of hydrogen-bond acceptors (Lipinski definition) is 9. The average molecular weight is 788 g/mol. The smallest absolute Gasteiger partial charge is 0.266 e. The number of carbonyl (C=O) groups is 3. The summed E-state index contributed by atoms with van der Waals surface area (Å²) in [5, 5.41) is 14.8. The third kappa shape index (κ3) is 14.9. The van der Waals surface area contributed by atoms with Crippen LogP contribution in [0.15, 0.2) is 71.1 Å². The van der Waals surface area contributed by atoms with E-state index in [2.05, 4.69) is 34.2 Å². The Morgan fingerprint density at radius 3 is 2.37 bits per heavy atom. The number of fused-ring (bicyclic) bond motifs is 1. The topological polar surface area (TPSA) is 163 Å². The number of aliphatic hydroxyl groups excluding tert-OH is 1. The maximum Gasteiger partial charge on any atom is 0.266 e. The molecule has 2 atom stereocenters. The summed E-state index contributed by atoms with van der Waals surface area (Å²) < 4.78 is 36.6. The number of aromatic nitrogens is 1. The summed E-state index contributed by atoms with van der Waals surface area (Å²) in [7, 11) is 0.365. The van der Waals surface area contributed by atoms with Crippen LogP contribution in [0.4, 0.5) is 4.39 Å². The second kappa shape index (κ2) is 23.5. The minimum Gasteiger partial charge on any atom is -0.497 e. The normalized spacial score (nSPS) is 15.8. The minimum absolute atomic E-state index is 0.0644. The lowest BCUT2D eigenvalue weighted by atomic mass is 9.96. The Morgan fingerprint density at radius 2 is 1.78 bits per heavy atom. The molecule has 0 radical (unpaired) electrons. The van der Waals surface area contributed by atoms with E-state index in [0.717, 1.165) is 11.7 Å². The number of likely N-dealkylation sites (tertiary alicyclic amines) is 1. The van der Waals surface area contributed by atoms with Gasteiger partial charge in [0.25, 0.3) is 5.89 Å². The summed E-state index contributed by atoms with van der Waals surface area (Å²) in [5.74, 6) is 0.270. The van der Waals surface area contributed by atoms with Gasteiger partial charge < -0.3 is 29.8 Å². The zero-order chi connectivity index (χ0) is 39.5. The van der Waals surface area contributed by atoms with E-state index in [4.69, 9.17) is 25.9 Å². The first-order chi connectivity index (χ1) is 25.9. The van der Waals surface area contributed by atoms with Crippen molar-refractivity contribution in [2.75, 3.05) is 46.1 Å². The summed E-state index contributed by atoms with van der Waals surface area (Å²) >= 11 is 5.45. The van der Waals surface area contributed by atoms with E-state index in [9.17, 15) is 23.0 Å². The molecule has 4 N–H and O–H groups in total. The van der Waals surface area contributed by atoms with Gasteiger partial charge in [0.05, 0.1) is 37.8 Å². The summed E-state index contributed by atoms with van der Waals surface area (Å²) in [5.41, 5.74) is 2.60. The fourth-order valence-electron chi connectivity index (χ4n) is 5.57. The van der Waals surface area contributed by atoms with Gasteiger partial charge in [0.1, 0.15) is 23.1 Å². The number of ether oxygens (including phenoxy) is 1. The predicted molar refractivity (Wildman–Crippen MR) is 209 cm³/mol. The maximum atomic E-state index is 12.6. The molecule has 0 saturated carbocycles. The standard InChI is InChI=1S/C17H20N4O5S.C8H10O.C7H6ClFO.C7H15N/c1-27(25)19-10-15(23)21-8-4-6-12(21)16(24)18-9-13(22)17-20-11-5-2-3-7-14(11)26-17;1-7-3-5-8(9-2)6-4-7;8-6-2-1-5(4-10)7(9)3-6;1-2-7-3-5-8-6-4-7/h2-3,5,7,12,19H,4,6,8-10H2,1H3,(H,18,24);3-6H,1-2H3;1-3,10H,4H2;7-8H,2-6H2,1H3. The molecule has 2 aliphatic heterocycles. The molecule has 2 unspecified atom stereocenters. The molecule has 294 valence electrons. The van der Waals surface area contributed by atoms with E-state index in [0.29, 0.717) is 35.5 Å². The van der Waals surface area contributed by atoms with Crippen LogP contribution in [0.25, 0.3) is 11.1 Å². The molecule has 2 aliphatic rings. The molecule has 0 spiro atoms. The highest BCUT2D eigenvalue weighted by Gasteiger charge is 2.34. The van der Waals surface area contributed by atoms with Crippen LogP contribution >= 0.6 is 11.6 Å². The summed E-state index contributed by atoms with van der Waals surface area (Å²) in [6, 6.07) is 18.5. The summed E-state index contributed by atoms with van der Waals surface area (Å²) in [6.45, 7) is 6.64. The molecule has 2 saturated heterocycles. The van der Waals surface area contributed by atoms with Gasteiger partial charge in [-0.15, -0.1) is 0 Å². The van der Waals surface area contributed by atoms with Crippen LogP contribution in [-0.4, -0.2) is 88.9 Å². The van der Waals surface area contributed by atoms with Crippen LogP contribution in [0.2, 0.25) is 5.02 Å². The molecule has 54 heavy (non-hydrogen) atoms. The van der Waals surface area contributed by atoms with Crippen molar-refractivity contribution in [1.29, 1.82) is 0 Å². The van der Waals surface area contributed by atoms with Gasteiger partial charge in [-0.1, -0.05) is 60.8 Å². The van der Waals surface area contributed by atoms with Crippen molar-refractivity contribution < 1.29 is 37.2 Å². The number of oxazole rings is 1. The molecule has 3 heterocycles. The van der Waals surface area contributed by atoms with Gasteiger partial charge >= 0.3 is 0 Å². The van der Waals surface area contributed by atoms with E-state index in [-0.39, 0.29) is 37.1 Å². The van der Waals surface area contributed by atoms with Gasteiger partial charge in [0.2, 0.25) is 17.6 Å². The predicted octanol–water partition coefficient (Wildman–Crippen LogP) is 5.37. The van der Waals surface area contributed by atoms with E-state index in [1.807, 2.05) is 24.3 Å². The molecule has 12 nitrogen and oxygen atoms in total. The van der Waals surface area contributed by atoms with Crippen molar-refractivity contribution in [3.63, 3.8) is 0 Å². The number of ketones is 1. The van der Waals surface area contributed by atoms with Gasteiger partial charge in [-0.05, 0) is 88.0 Å². The highest BCUT2D eigenvalue weighted by atomic mass is 35.5. The van der Waals surface area contributed by atoms with E-state index < -0.39 is 34.5 Å². The number of amides is 2. The summed E-state index contributed by atoms with van der Waals surface area (Å²) in [6.07, 6.45) is 6.82. The molecule has 4 aromatic rings. The Hall–Kier alpha value is -4.21. The Balaban J connectivity index is 0.000000235. The quantitative estimate of drug-likeness (QED) is 0.155. The number of carbonyl (C=O) groups excluding carboxylic acids is 3. The molecular weight excluding hydrogens is 737 g/mol. The Labute approximate surface area is 323 Å². The lowest BCUT2D eigenvalue weighted by Gasteiger charge is -2.23. The van der Waals surface area contributed by atoms with Gasteiger partial charge in [0.15, 0.2) is 5.58 Å². The number of aryl methyl sites for hydroxylation is 1.